The Morgan fingerprint density at radius 3 is 2.48 bits per heavy atom. The molecule has 0 unspecified atom stereocenters. The van der Waals surface area contributed by atoms with Crippen LogP contribution in [-0.4, -0.2) is 48.1 Å². The number of nitrogen functional groups attached to an aromatic ring is 1. The number of ketones is 1. The van der Waals surface area contributed by atoms with E-state index in [0.29, 0.717) is 11.3 Å². The Hall–Kier alpha value is -2.63. The van der Waals surface area contributed by atoms with E-state index >= 15 is 0 Å². The normalized spacial score (nSPS) is 15.3. The number of carbonyl (C=O) groups excluding carboxylic acids is 1. The number of rotatable bonds is 5. The van der Waals surface area contributed by atoms with Crippen molar-refractivity contribution in [3.8, 4) is 0 Å². The van der Waals surface area contributed by atoms with Crippen LogP contribution in [0.25, 0.3) is 10.9 Å². The molecule has 0 atom stereocenters. The van der Waals surface area contributed by atoms with Gasteiger partial charge in [-0.2, -0.15) is 0 Å². The van der Waals surface area contributed by atoms with E-state index in [1.807, 2.05) is 25.1 Å². The molecule has 0 aliphatic carbocycles. The fourth-order valence-electron chi connectivity index (χ4n) is 3.85. The van der Waals surface area contributed by atoms with E-state index in [9.17, 15) is 4.79 Å². The average Bonchev–Trinajstić information content (AvgIpc) is 2.98. The fourth-order valence-corrected chi connectivity index (χ4v) is 3.85. The van der Waals surface area contributed by atoms with Crippen molar-refractivity contribution in [3.63, 3.8) is 0 Å². The molecule has 4 rings (SSSR count). The molecule has 2 heterocycles. The lowest BCUT2D eigenvalue weighted by Gasteiger charge is -2.27. The second kappa shape index (κ2) is 7.55. The number of ether oxygens (including phenoxy) is 1. The Kier molecular flexibility index (Phi) is 4.97. The van der Waals surface area contributed by atoms with E-state index in [4.69, 9.17) is 10.5 Å². The highest BCUT2D eigenvalue weighted by Gasteiger charge is 2.21. The van der Waals surface area contributed by atoms with Crippen LogP contribution in [0.4, 0.5) is 5.69 Å². The van der Waals surface area contributed by atoms with Gasteiger partial charge in [-0.05, 0) is 37.3 Å². The van der Waals surface area contributed by atoms with Gasteiger partial charge in [0.15, 0.2) is 5.78 Å². The maximum Gasteiger partial charge on any atom is 0.195 e. The monoisotopic (exact) mass is 363 g/mol. The number of aromatic nitrogens is 1. The molecule has 0 radical (unpaired) electrons. The maximum atomic E-state index is 13.2. The van der Waals surface area contributed by atoms with Gasteiger partial charge in [-0.25, -0.2) is 0 Å². The van der Waals surface area contributed by atoms with E-state index in [-0.39, 0.29) is 5.78 Å². The number of morpholine rings is 1. The molecule has 2 N–H and O–H groups in total. The molecular weight excluding hydrogens is 338 g/mol. The number of nitrogens with two attached hydrogens (primary N) is 1. The van der Waals surface area contributed by atoms with E-state index in [1.165, 1.54) is 0 Å². The van der Waals surface area contributed by atoms with Crippen LogP contribution in [0.5, 0.6) is 0 Å². The number of para-hydroxylation sites is 1. The third-order valence-electron chi connectivity index (χ3n) is 5.37. The minimum absolute atomic E-state index is 0.0498. The molecule has 140 valence electrons. The predicted octanol–water partition coefficient (Wildman–Crippen LogP) is 3.10. The molecule has 3 aromatic rings. The summed E-state index contributed by atoms with van der Waals surface area (Å²) in [5, 5.41) is 1.01. The largest absolute Gasteiger partial charge is 0.399 e. The number of anilines is 1. The van der Waals surface area contributed by atoms with E-state index in [1.54, 1.807) is 24.3 Å². The summed E-state index contributed by atoms with van der Waals surface area (Å²) < 4.78 is 7.71. The molecule has 0 spiro atoms. The summed E-state index contributed by atoms with van der Waals surface area (Å²) >= 11 is 0. The number of fused-ring (bicyclic) bond motifs is 1. The molecule has 1 aliphatic heterocycles. The lowest BCUT2D eigenvalue weighted by molar-refractivity contribution is 0.0365. The van der Waals surface area contributed by atoms with Gasteiger partial charge in [0, 0.05) is 54.0 Å². The second-order valence-corrected chi connectivity index (χ2v) is 7.03. The molecule has 27 heavy (non-hydrogen) atoms. The molecule has 0 amide bonds. The van der Waals surface area contributed by atoms with Gasteiger partial charge < -0.3 is 15.0 Å². The summed E-state index contributed by atoms with van der Waals surface area (Å²) in [5.41, 5.74) is 10.0. The first-order chi connectivity index (χ1) is 13.1. The highest BCUT2D eigenvalue weighted by molar-refractivity contribution is 6.17. The van der Waals surface area contributed by atoms with Gasteiger partial charge in [-0.15, -0.1) is 0 Å². The van der Waals surface area contributed by atoms with Crippen molar-refractivity contribution < 1.29 is 9.53 Å². The van der Waals surface area contributed by atoms with E-state index in [0.717, 1.165) is 61.6 Å². The number of benzene rings is 2. The smallest absolute Gasteiger partial charge is 0.195 e. The maximum absolute atomic E-state index is 13.2. The third-order valence-corrected chi connectivity index (χ3v) is 5.37. The average molecular weight is 363 g/mol. The molecule has 1 aromatic heterocycles. The molecule has 1 saturated heterocycles. The van der Waals surface area contributed by atoms with Gasteiger partial charge in [0.2, 0.25) is 0 Å². The van der Waals surface area contributed by atoms with Crippen LogP contribution < -0.4 is 5.73 Å². The Bertz CT molecular complexity index is 954. The van der Waals surface area contributed by atoms with Crippen LogP contribution in [-0.2, 0) is 11.3 Å². The molecule has 0 saturated carbocycles. The Morgan fingerprint density at radius 1 is 1.04 bits per heavy atom. The zero-order valence-electron chi connectivity index (χ0n) is 15.6. The predicted molar refractivity (Wildman–Crippen MR) is 108 cm³/mol. The number of carbonyl (C=O) groups is 1. The van der Waals surface area contributed by atoms with Crippen molar-refractivity contribution in [2.45, 2.75) is 13.5 Å². The first-order valence-electron chi connectivity index (χ1n) is 9.43. The molecule has 1 fully saturated rings. The topological polar surface area (TPSA) is 60.5 Å². The molecular formula is C22H25N3O2. The van der Waals surface area contributed by atoms with Crippen molar-refractivity contribution in [1.29, 1.82) is 0 Å². The molecule has 5 heteroatoms. The van der Waals surface area contributed by atoms with Crippen molar-refractivity contribution >= 4 is 22.4 Å². The quantitative estimate of drug-likeness (QED) is 0.559. The Labute approximate surface area is 159 Å². The van der Waals surface area contributed by atoms with Crippen LogP contribution in [0.2, 0.25) is 0 Å². The molecule has 2 aromatic carbocycles. The Morgan fingerprint density at radius 2 is 1.74 bits per heavy atom. The third kappa shape index (κ3) is 3.48. The minimum Gasteiger partial charge on any atom is -0.399 e. The Balaban J connectivity index is 1.69. The van der Waals surface area contributed by atoms with Crippen molar-refractivity contribution in [3.05, 3.63) is 65.4 Å². The standard InChI is InChI=1S/C22H25N3O2/c1-16-21(22(26)17-6-8-18(23)9-7-17)19-4-2-3-5-20(19)25(16)11-10-24-12-14-27-15-13-24/h2-9H,10-15,23H2,1H3. The molecule has 0 bridgehead atoms. The van der Waals surface area contributed by atoms with Gasteiger partial charge in [0.1, 0.15) is 0 Å². The summed E-state index contributed by atoms with van der Waals surface area (Å²) in [5.74, 6) is 0.0498. The van der Waals surface area contributed by atoms with Crippen molar-refractivity contribution in [2.75, 3.05) is 38.6 Å². The van der Waals surface area contributed by atoms with Crippen LogP contribution in [0.15, 0.2) is 48.5 Å². The summed E-state index contributed by atoms with van der Waals surface area (Å²) in [6, 6.07) is 15.3. The minimum atomic E-state index is 0.0498. The van der Waals surface area contributed by atoms with Gasteiger partial charge in [-0.1, -0.05) is 18.2 Å². The number of hydrogen-bond donors (Lipinski definition) is 1. The van der Waals surface area contributed by atoms with Crippen molar-refractivity contribution in [2.24, 2.45) is 0 Å². The summed E-state index contributed by atoms with van der Waals surface area (Å²) in [6.07, 6.45) is 0. The number of hydrogen-bond acceptors (Lipinski definition) is 4. The fraction of sp³-hybridized carbons (Fsp3) is 0.318. The number of nitrogens with zero attached hydrogens (tertiary/aromatic N) is 2. The van der Waals surface area contributed by atoms with Crippen LogP contribution in [0.3, 0.4) is 0 Å². The second-order valence-electron chi connectivity index (χ2n) is 7.03. The van der Waals surface area contributed by atoms with Crippen LogP contribution in [0, 0.1) is 6.92 Å². The SMILES string of the molecule is Cc1c(C(=O)c2ccc(N)cc2)c2ccccc2n1CCN1CCOCC1. The molecule has 1 aliphatic rings. The van der Waals surface area contributed by atoms with Gasteiger partial charge >= 0.3 is 0 Å². The first kappa shape index (κ1) is 17.8. The van der Waals surface area contributed by atoms with E-state index < -0.39 is 0 Å². The summed E-state index contributed by atoms with van der Waals surface area (Å²) in [4.78, 5) is 15.6. The zero-order chi connectivity index (χ0) is 18.8. The van der Waals surface area contributed by atoms with Crippen molar-refractivity contribution in [1.82, 2.24) is 9.47 Å². The van der Waals surface area contributed by atoms with Crippen LogP contribution in [0.1, 0.15) is 21.6 Å². The summed E-state index contributed by atoms with van der Waals surface area (Å²) in [6.45, 7) is 7.40. The lowest BCUT2D eigenvalue weighted by atomic mass is 10.0. The van der Waals surface area contributed by atoms with Gasteiger partial charge in [0.05, 0.1) is 18.8 Å². The van der Waals surface area contributed by atoms with Gasteiger partial charge in [0.25, 0.3) is 0 Å². The lowest BCUT2D eigenvalue weighted by Crippen LogP contribution is -2.38. The zero-order valence-corrected chi connectivity index (χ0v) is 15.6. The summed E-state index contributed by atoms with van der Waals surface area (Å²) in [7, 11) is 0. The van der Waals surface area contributed by atoms with Gasteiger partial charge in [-0.3, -0.25) is 9.69 Å². The highest BCUT2D eigenvalue weighted by atomic mass is 16.5. The first-order valence-corrected chi connectivity index (χ1v) is 9.43. The highest BCUT2D eigenvalue weighted by Crippen LogP contribution is 2.28. The molecule has 5 nitrogen and oxygen atoms in total. The van der Waals surface area contributed by atoms with E-state index in [2.05, 4.69) is 15.5 Å². The van der Waals surface area contributed by atoms with Crippen LogP contribution >= 0.6 is 0 Å².